The van der Waals surface area contributed by atoms with Crippen molar-refractivity contribution in [1.82, 2.24) is 0 Å². The van der Waals surface area contributed by atoms with Crippen LogP contribution in [0.3, 0.4) is 0 Å². The van der Waals surface area contributed by atoms with E-state index in [1.807, 2.05) is 30.3 Å². The number of rotatable bonds is 7. The molecule has 1 N–H and O–H groups in total. The van der Waals surface area contributed by atoms with E-state index >= 15 is 0 Å². The van der Waals surface area contributed by atoms with Crippen molar-refractivity contribution in [2.45, 2.75) is 57.4 Å². The summed E-state index contributed by atoms with van der Waals surface area (Å²) in [5.41, 5.74) is 0.976. The van der Waals surface area contributed by atoms with E-state index in [1.165, 1.54) is 0 Å². The normalized spacial score (nSPS) is 26.1. The molecule has 1 heterocycles. The Balaban J connectivity index is 2.04. The van der Waals surface area contributed by atoms with Gasteiger partial charge in [-0.2, -0.15) is 0 Å². The van der Waals surface area contributed by atoms with Crippen molar-refractivity contribution in [2.75, 3.05) is 13.2 Å². The average Bonchev–Trinajstić information content (AvgIpc) is 2.60. The molecule has 0 aliphatic carbocycles. The molecule has 0 aromatic heterocycles. The number of hydrogen-bond donors (Lipinski definition) is 1. The summed E-state index contributed by atoms with van der Waals surface area (Å²) < 4.78 is 18.2. The summed E-state index contributed by atoms with van der Waals surface area (Å²) in [5.74, 6) is 0. The highest BCUT2D eigenvalue weighted by molar-refractivity contribution is 6.73. The molecule has 22 heavy (non-hydrogen) atoms. The molecule has 1 fully saturated rings. The van der Waals surface area contributed by atoms with Gasteiger partial charge in [0.25, 0.3) is 0 Å². The van der Waals surface area contributed by atoms with Crippen molar-refractivity contribution in [2.24, 2.45) is 0 Å². The van der Waals surface area contributed by atoms with Gasteiger partial charge in [-0.1, -0.05) is 51.1 Å². The van der Waals surface area contributed by atoms with Crippen molar-refractivity contribution in [3.63, 3.8) is 0 Å². The topological polar surface area (TPSA) is 47.9 Å². The van der Waals surface area contributed by atoms with E-state index in [0.29, 0.717) is 6.61 Å². The molecule has 0 saturated carbocycles. The van der Waals surface area contributed by atoms with Crippen LogP contribution in [-0.4, -0.2) is 38.8 Å². The second-order valence-corrected chi connectivity index (χ2v) is 10.6. The molecule has 2 rings (SSSR count). The highest BCUT2D eigenvalue weighted by Gasteiger charge is 2.39. The quantitative estimate of drug-likeness (QED) is 0.780. The highest BCUT2D eigenvalue weighted by atomic mass is 28.4. The first-order valence-electron chi connectivity index (χ1n) is 8.28. The molecule has 0 radical (unpaired) electrons. The number of aliphatic hydroxyl groups is 1. The van der Waals surface area contributed by atoms with Crippen molar-refractivity contribution < 1.29 is 19.0 Å². The lowest BCUT2D eigenvalue weighted by molar-refractivity contribution is -0.259. The van der Waals surface area contributed by atoms with Crippen molar-refractivity contribution in [1.29, 1.82) is 0 Å². The Labute approximate surface area is 134 Å². The Bertz CT molecular complexity index is 427. The van der Waals surface area contributed by atoms with Crippen molar-refractivity contribution >= 4 is 8.32 Å². The van der Waals surface area contributed by atoms with Crippen LogP contribution in [0.1, 0.15) is 32.6 Å². The van der Waals surface area contributed by atoms with Crippen LogP contribution in [-0.2, 0) is 13.9 Å². The third-order valence-corrected chi connectivity index (χ3v) is 9.38. The fourth-order valence-corrected chi connectivity index (χ4v) is 5.81. The lowest BCUT2D eigenvalue weighted by Gasteiger charge is -2.41. The molecule has 0 unspecified atom stereocenters. The summed E-state index contributed by atoms with van der Waals surface area (Å²) in [6.07, 6.45) is -0.911. The van der Waals surface area contributed by atoms with Crippen LogP contribution in [0.15, 0.2) is 30.3 Å². The monoisotopic (exact) mass is 324 g/mol. The van der Waals surface area contributed by atoms with E-state index in [9.17, 15) is 5.11 Å². The molecule has 0 bridgehead atoms. The molecule has 124 valence electrons. The van der Waals surface area contributed by atoms with E-state index in [1.54, 1.807) is 0 Å². The first-order chi connectivity index (χ1) is 10.7. The highest BCUT2D eigenvalue weighted by Crippen LogP contribution is 2.31. The van der Waals surface area contributed by atoms with Gasteiger partial charge in [-0.25, -0.2) is 0 Å². The summed E-state index contributed by atoms with van der Waals surface area (Å²) in [6, 6.07) is 13.1. The second-order valence-electron chi connectivity index (χ2n) is 5.83. The summed E-state index contributed by atoms with van der Waals surface area (Å²) in [4.78, 5) is 0. The van der Waals surface area contributed by atoms with Gasteiger partial charge in [0.05, 0.1) is 19.3 Å². The molecule has 1 saturated heterocycles. The zero-order chi connectivity index (χ0) is 16.0. The van der Waals surface area contributed by atoms with Gasteiger partial charge in [-0.15, -0.1) is 0 Å². The lowest BCUT2D eigenvalue weighted by Crippen LogP contribution is -2.51. The maximum atomic E-state index is 9.70. The number of benzene rings is 1. The van der Waals surface area contributed by atoms with E-state index in [2.05, 4.69) is 20.8 Å². The second kappa shape index (κ2) is 8.22. The average molecular weight is 324 g/mol. The van der Waals surface area contributed by atoms with Crippen LogP contribution < -0.4 is 0 Å². The van der Waals surface area contributed by atoms with Crippen LogP contribution in [0, 0.1) is 0 Å². The molecule has 0 spiro atoms. The fourth-order valence-electron chi connectivity index (χ4n) is 2.95. The Hall–Kier alpha value is -0.723. The molecule has 1 aliphatic rings. The summed E-state index contributed by atoms with van der Waals surface area (Å²) in [6.45, 7) is 7.03. The zero-order valence-corrected chi connectivity index (χ0v) is 14.8. The minimum Gasteiger partial charge on any atom is -0.409 e. The third-order valence-electron chi connectivity index (χ3n) is 4.71. The van der Waals surface area contributed by atoms with Crippen molar-refractivity contribution in [3.05, 3.63) is 35.9 Å². The van der Waals surface area contributed by atoms with Gasteiger partial charge in [0.1, 0.15) is 6.10 Å². The Morgan fingerprint density at radius 2 is 1.77 bits per heavy atom. The van der Waals surface area contributed by atoms with E-state index in [-0.39, 0.29) is 18.8 Å². The maximum absolute atomic E-state index is 9.70. The SMILES string of the molecule is CC[Si](CC)(CC)O[C@@H]1CO[C@@H](c2ccccc2)O[C@H]1CO. The number of ether oxygens (including phenoxy) is 2. The number of aliphatic hydroxyl groups excluding tert-OH is 1. The summed E-state index contributed by atoms with van der Waals surface area (Å²) in [7, 11) is -1.74. The molecular weight excluding hydrogens is 296 g/mol. The first-order valence-corrected chi connectivity index (χ1v) is 10.8. The maximum Gasteiger partial charge on any atom is 0.192 e. The van der Waals surface area contributed by atoms with Crippen LogP contribution in [0.2, 0.25) is 18.1 Å². The van der Waals surface area contributed by atoms with Gasteiger partial charge in [-0.05, 0) is 18.1 Å². The molecule has 4 nitrogen and oxygen atoms in total. The molecule has 5 heteroatoms. The third kappa shape index (κ3) is 3.97. The van der Waals surface area contributed by atoms with Crippen molar-refractivity contribution in [3.8, 4) is 0 Å². The van der Waals surface area contributed by atoms with Gasteiger partial charge in [0.2, 0.25) is 0 Å². The predicted molar refractivity (Wildman–Crippen MR) is 89.2 cm³/mol. The lowest BCUT2D eigenvalue weighted by atomic mass is 10.1. The summed E-state index contributed by atoms with van der Waals surface area (Å²) in [5, 5.41) is 9.70. The zero-order valence-electron chi connectivity index (χ0n) is 13.8. The first kappa shape index (κ1) is 17.6. The largest absolute Gasteiger partial charge is 0.409 e. The Kier molecular flexibility index (Phi) is 6.59. The van der Waals surface area contributed by atoms with E-state index in [4.69, 9.17) is 13.9 Å². The standard InChI is InChI=1S/C17H28O4Si/c1-4-22(5-2,6-3)21-16-13-19-17(20-15(16)12-18)14-10-8-7-9-11-14/h7-11,15-18H,4-6,12-13H2,1-3H3/t15-,16+,17+/m0/s1. The van der Waals surface area contributed by atoms with E-state index in [0.717, 1.165) is 23.7 Å². The van der Waals surface area contributed by atoms with Gasteiger partial charge in [0, 0.05) is 5.56 Å². The van der Waals surface area contributed by atoms with E-state index < -0.39 is 14.6 Å². The van der Waals surface area contributed by atoms with Crippen LogP contribution in [0.25, 0.3) is 0 Å². The minimum absolute atomic E-state index is 0.0427. The minimum atomic E-state index is -1.74. The smallest absolute Gasteiger partial charge is 0.192 e. The Morgan fingerprint density at radius 3 is 2.32 bits per heavy atom. The summed E-state index contributed by atoms with van der Waals surface area (Å²) >= 11 is 0. The van der Waals surface area contributed by atoms with Gasteiger partial charge in [0.15, 0.2) is 14.6 Å². The van der Waals surface area contributed by atoms with Crippen LogP contribution >= 0.6 is 0 Å². The molecule has 1 aromatic carbocycles. The molecule has 0 amide bonds. The Morgan fingerprint density at radius 1 is 1.14 bits per heavy atom. The number of hydrogen-bond acceptors (Lipinski definition) is 4. The molecule has 1 aliphatic heterocycles. The van der Waals surface area contributed by atoms with Crippen LogP contribution in [0.5, 0.6) is 0 Å². The van der Waals surface area contributed by atoms with Gasteiger partial charge in [-0.3, -0.25) is 0 Å². The molecular formula is C17H28O4Si. The predicted octanol–water partition coefficient (Wildman–Crippen LogP) is 3.48. The molecule has 1 aromatic rings. The fraction of sp³-hybridized carbons (Fsp3) is 0.647. The van der Waals surface area contributed by atoms with Gasteiger partial charge < -0.3 is 19.0 Å². The molecule has 3 atom stereocenters. The van der Waals surface area contributed by atoms with Gasteiger partial charge >= 0.3 is 0 Å². The van der Waals surface area contributed by atoms with Crippen LogP contribution in [0.4, 0.5) is 0 Å².